The maximum absolute atomic E-state index is 11.6. The molecule has 6 nitrogen and oxygen atoms in total. The number of esters is 2. The van der Waals surface area contributed by atoms with Crippen molar-refractivity contribution in [2.24, 2.45) is 0 Å². The Morgan fingerprint density at radius 1 is 0.375 bits per heavy atom. The Labute approximate surface area is 341 Å². The first-order chi connectivity index (χ1) is 27.4. The Bertz CT molecular complexity index is 1310. The number of unbranched alkanes of at least 4 members (excludes halogenated alkanes) is 22. The van der Waals surface area contributed by atoms with Crippen molar-refractivity contribution in [3.63, 3.8) is 0 Å². The monoisotopic (exact) mass is 775 g/mol. The molecular formula is C50H78O6. The molecule has 0 fully saturated rings. The average molecular weight is 775 g/mol. The van der Waals surface area contributed by atoms with Crippen LogP contribution in [-0.2, 0) is 19.1 Å². The third kappa shape index (κ3) is 20.2. The summed E-state index contributed by atoms with van der Waals surface area (Å²) in [6, 6.07) is 17.1. The lowest BCUT2D eigenvalue weighted by molar-refractivity contribution is -0.148. The lowest BCUT2D eigenvalue weighted by atomic mass is 10.0. The van der Waals surface area contributed by atoms with Gasteiger partial charge < -0.3 is 18.9 Å². The summed E-state index contributed by atoms with van der Waals surface area (Å²) in [5, 5.41) is 4.56. The molecule has 3 rings (SSSR count). The Balaban J connectivity index is 1.25. The second kappa shape index (κ2) is 29.9. The fourth-order valence-electron chi connectivity index (χ4n) is 7.63. The minimum Gasteiger partial charge on any atom is -0.492 e. The van der Waals surface area contributed by atoms with Gasteiger partial charge in [-0.25, -0.2) is 0 Å². The third-order valence-electron chi connectivity index (χ3n) is 10.6. The van der Waals surface area contributed by atoms with Gasteiger partial charge in [-0.1, -0.05) is 177 Å². The number of hydrogen-bond donors (Lipinski definition) is 0. The van der Waals surface area contributed by atoms with Crippen LogP contribution in [0.2, 0.25) is 0 Å². The summed E-state index contributed by atoms with van der Waals surface area (Å²) >= 11 is 0. The molecule has 0 unspecified atom stereocenters. The molecule has 0 heterocycles. The molecule has 56 heavy (non-hydrogen) atoms. The first kappa shape index (κ1) is 47.1. The number of hydrogen-bond acceptors (Lipinski definition) is 6. The predicted octanol–water partition coefficient (Wildman–Crippen LogP) is 14.8. The Morgan fingerprint density at radius 2 is 0.607 bits per heavy atom. The van der Waals surface area contributed by atoms with E-state index in [4.69, 9.17) is 18.9 Å². The summed E-state index contributed by atoms with van der Waals surface area (Å²) in [4.78, 5) is 23.2. The topological polar surface area (TPSA) is 71.1 Å². The van der Waals surface area contributed by atoms with Crippen LogP contribution < -0.4 is 9.47 Å². The van der Waals surface area contributed by atoms with Gasteiger partial charge >= 0.3 is 11.9 Å². The predicted molar refractivity (Wildman–Crippen MR) is 235 cm³/mol. The first-order valence-corrected chi connectivity index (χ1v) is 22.9. The number of carbonyl (C=O) groups is 2. The van der Waals surface area contributed by atoms with Crippen LogP contribution in [0.1, 0.15) is 195 Å². The van der Waals surface area contributed by atoms with Crippen LogP contribution in [-0.4, -0.2) is 37.4 Å². The smallest absolute Gasteiger partial charge is 0.306 e. The van der Waals surface area contributed by atoms with Crippen LogP contribution in [0.15, 0.2) is 48.5 Å². The normalized spacial score (nSPS) is 11.5. The van der Waals surface area contributed by atoms with Gasteiger partial charge in [-0.2, -0.15) is 0 Å². The van der Waals surface area contributed by atoms with Gasteiger partial charge in [-0.3, -0.25) is 9.59 Å². The second-order valence-electron chi connectivity index (χ2n) is 16.5. The molecule has 3 aromatic rings. The molecule has 0 bridgehead atoms. The van der Waals surface area contributed by atoms with Crippen molar-refractivity contribution in [3.8, 4) is 11.5 Å². The maximum atomic E-state index is 11.6. The molecule has 0 aliphatic rings. The molecule has 0 radical (unpaired) electrons. The highest BCUT2D eigenvalue weighted by molar-refractivity contribution is 6.11. The lowest BCUT2D eigenvalue weighted by Gasteiger charge is -2.18. The molecule has 314 valence electrons. The van der Waals surface area contributed by atoms with E-state index in [0.29, 0.717) is 12.8 Å². The summed E-state index contributed by atoms with van der Waals surface area (Å²) in [5.74, 6) is 1.87. The standard InChI is InChI=1S/C50H78O6/c1-41(2)55-47(51)37-25-21-17-13-9-5-7-11-15-19-23-31-39-53-49-43-33-27-29-35-45(43)50(46-36-30-28-34-44(46)49)54-40-32-24-20-16-12-8-6-10-14-18-22-26-38-48(52)56-42(3)4/h27-30,33-36,41-42H,5-26,31-32,37-40H2,1-4H3. The highest BCUT2D eigenvalue weighted by Crippen LogP contribution is 2.42. The van der Waals surface area contributed by atoms with E-state index in [1.807, 2.05) is 27.7 Å². The van der Waals surface area contributed by atoms with E-state index < -0.39 is 0 Å². The fraction of sp³-hybridized carbons (Fsp3) is 0.680. The summed E-state index contributed by atoms with van der Waals surface area (Å²) < 4.78 is 23.5. The highest BCUT2D eigenvalue weighted by atomic mass is 16.5. The number of rotatable bonds is 34. The lowest BCUT2D eigenvalue weighted by Crippen LogP contribution is -2.10. The summed E-state index contributed by atoms with van der Waals surface area (Å²) in [7, 11) is 0. The van der Waals surface area contributed by atoms with Crippen molar-refractivity contribution >= 4 is 33.5 Å². The van der Waals surface area contributed by atoms with Crippen molar-refractivity contribution in [2.75, 3.05) is 13.2 Å². The molecule has 0 amide bonds. The van der Waals surface area contributed by atoms with Crippen LogP contribution in [0, 0.1) is 0 Å². The van der Waals surface area contributed by atoms with Crippen molar-refractivity contribution < 1.29 is 28.5 Å². The summed E-state index contributed by atoms with van der Waals surface area (Å²) in [6.07, 6.45) is 30.5. The largest absolute Gasteiger partial charge is 0.492 e. The minimum atomic E-state index is -0.0533. The van der Waals surface area contributed by atoms with Crippen molar-refractivity contribution in [1.29, 1.82) is 0 Å². The molecule has 0 saturated heterocycles. The van der Waals surface area contributed by atoms with E-state index in [9.17, 15) is 9.59 Å². The van der Waals surface area contributed by atoms with Crippen LogP contribution in [0.5, 0.6) is 11.5 Å². The molecule has 0 aromatic heterocycles. The Kier molecular flexibility index (Phi) is 25.1. The molecule has 0 spiro atoms. The maximum Gasteiger partial charge on any atom is 0.306 e. The van der Waals surface area contributed by atoms with Crippen LogP contribution in [0.25, 0.3) is 21.5 Å². The van der Waals surface area contributed by atoms with E-state index in [1.165, 1.54) is 116 Å². The molecule has 0 N–H and O–H groups in total. The van der Waals surface area contributed by atoms with E-state index in [-0.39, 0.29) is 24.1 Å². The van der Waals surface area contributed by atoms with Crippen molar-refractivity contribution in [3.05, 3.63) is 48.5 Å². The van der Waals surface area contributed by atoms with Gasteiger partial charge in [-0.15, -0.1) is 0 Å². The van der Waals surface area contributed by atoms with Crippen molar-refractivity contribution in [2.45, 2.75) is 207 Å². The summed E-state index contributed by atoms with van der Waals surface area (Å²) in [5.41, 5.74) is 0. The van der Waals surface area contributed by atoms with Crippen LogP contribution in [0.3, 0.4) is 0 Å². The molecule has 3 aromatic carbocycles. The Hall–Kier alpha value is -3.28. The second-order valence-corrected chi connectivity index (χ2v) is 16.5. The van der Waals surface area contributed by atoms with E-state index >= 15 is 0 Å². The van der Waals surface area contributed by atoms with E-state index in [0.717, 1.165) is 84.8 Å². The first-order valence-electron chi connectivity index (χ1n) is 22.9. The van der Waals surface area contributed by atoms with E-state index in [1.54, 1.807) is 0 Å². The van der Waals surface area contributed by atoms with Gasteiger partial charge in [0, 0.05) is 34.4 Å². The SMILES string of the molecule is CC(C)OC(=O)CCCCCCCCCCCCCCOc1c2ccccc2c(OCCCCCCCCCCCCCCC(=O)OC(C)C)c2ccccc12. The van der Waals surface area contributed by atoms with Crippen LogP contribution >= 0.6 is 0 Å². The third-order valence-corrected chi connectivity index (χ3v) is 10.6. The summed E-state index contributed by atoms with van der Waals surface area (Å²) in [6.45, 7) is 9.10. The van der Waals surface area contributed by atoms with Gasteiger partial charge in [0.05, 0.1) is 25.4 Å². The van der Waals surface area contributed by atoms with Gasteiger partial charge in [-0.05, 0) is 53.4 Å². The fourth-order valence-corrected chi connectivity index (χ4v) is 7.63. The zero-order valence-corrected chi connectivity index (χ0v) is 36.0. The number of fused-ring (bicyclic) bond motifs is 2. The van der Waals surface area contributed by atoms with Gasteiger partial charge in [0.15, 0.2) is 0 Å². The minimum absolute atomic E-state index is 0.00610. The molecule has 0 atom stereocenters. The van der Waals surface area contributed by atoms with E-state index in [2.05, 4.69) is 48.5 Å². The average Bonchev–Trinajstić information content (AvgIpc) is 3.17. The van der Waals surface area contributed by atoms with Gasteiger partial charge in [0.25, 0.3) is 0 Å². The zero-order valence-electron chi connectivity index (χ0n) is 36.0. The van der Waals surface area contributed by atoms with Crippen molar-refractivity contribution in [1.82, 2.24) is 0 Å². The zero-order chi connectivity index (χ0) is 40.1. The van der Waals surface area contributed by atoms with Gasteiger partial charge in [0.1, 0.15) is 11.5 Å². The molecule has 0 aliphatic carbocycles. The molecule has 0 saturated carbocycles. The number of carbonyl (C=O) groups excluding carboxylic acids is 2. The Morgan fingerprint density at radius 3 is 0.857 bits per heavy atom. The molecular weight excluding hydrogens is 697 g/mol. The van der Waals surface area contributed by atoms with Crippen LogP contribution in [0.4, 0.5) is 0 Å². The molecule has 6 heteroatoms. The number of benzene rings is 3. The number of ether oxygens (including phenoxy) is 4. The highest BCUT2D eigenvalue weighted by Gasteiger charge is 2.16. The molecule has 0 aliphatic heterocycles. The van der Waals surface area contributed by atoms with Gasteiger partial charge in [0.2, 0.25) is 0 Å². The quantitative estimate of drug-likeness (QED) is 0.0342.